The highest BCUT2D eigenvalue weighted by Crippen LogP contribution is 2.31. The number of pyridine rings is 1. The Hall–Kier alpha value is -4.90. The van der Waals surface area contributed by atoms with Crippen LogP contribution in [0.25, 0.3) is 34.0 Å². The monoisotopic (exact) mass is 485 g/mol. The first-order chi connectivity index (χ1) is 17.0. The molecular weight excluding hydrogens is 470 g/mol. The maximum absolute atomic E-state index is 12.6. The molecule has 11 heteroatoms. The molecule has 0 atom stereocenters. The van der Waals surface area contributed by atoms with Crippen molar-refractivity contribution >= 4 is 45.8 Å². The molecule has 5 aromatic rings. The highest BCUT2D eigenvalue weighted by Gasteiger charge is 2.20. The van der Waals surface area contributed by atoms with E-state index in [0.717, 1.165) is 0 Å². The smallest absolute Gasteiger partial charge is 0.293 e. The molecule has 0 bridgehead atoms. The second kappa shape index (κ2) is 9.15. The van der Waals surface area contributed by atoms with E-state index in [9.17, 15) is 14.9 Å². The molecule has 0 radical (unpaired) electrons. The van der Waals surface area contributed by atoms with E-state index in [1.165, 1.54) is 18.2 Å². The molecule has 0 saturated heterocycles. The van der Waals surface area contributed by atoms with Crippen LogP contribution in [0.1, 0.15) is 10.6 Å². The standard InChI is InChI=1S/C24H15N5O5S/c30-22(20-11-10-18(33-20)16-7-1-2-8-17(16)29(31)32)28-24(35)26-15-6-3-5-14(13-15)23-27-21-19(34-23)9-4-12-25-21/h1-13H,(H2,26,28,30,35). The van der Waals surface area contributed by atoms with Crippen LogP contribution in [0.5, 0.6) is 0 Å². The summed E-state index contributed by atoms with van der Waals surface area (Å²) >= 11 is 5.26. The number of para-hydroxylation sites is 1. The fraction of sp³-hybridized carbons (Fsp3) is 0. The molecule has 0 spiro atoms. The summed E-state index contributed by atoms with van der Waals surface area (Å²) < 4.78 is 11.3. The molecule has 0 saturated carbocycles. The van der Waals surface area contributed by atoms with E-state index in [1.807, 2.05) is 6.07 Å². The highest BCUT2D eigenvalue weighted by atomic mass is 32.1. The van der Waals surface area contributed by atoms with Crippen molar-refractivity contribution in [1.29, 1.82) is 0 Å². The second-order valence-electron chi connectivity index (χ2n) is 7.27. The summed E-state index contributed by atoms with van der Waals surface area (Å²) in [6.45, 7) is 0. The van der Waals surface area contributed by atoms with Gasteiger partial charge in [0.05, 0.1) is 10.5 Å². The maximum atomic E-state index is 12.6. The number of nitro groups is 1. The predicted molar refractivity (Wildman–Crippen MR) is 132 cm³/mol. The van der Waals surface area contributed by atoms with Crippen molar-refractivity contribution in [3.63, 3.8) is 0 Å². The number of hydrogen-bond donors (Lipinski definition) is 2. The Morgan fingerprint density at radius 2 is 1.86 bits per heavy atom. The van der Waals surface area contributed by atoms with Crippen LogP contribution in [-0.2, 0) is 0 Å². The van der Waals surface area contributed by atoms with Gasteiger partial charge >= 0.3 is 0 Å². The molecule has 3 heterocycles. The normalized spacial score (nSPS) is 10.7. The van der Waals surface area contributed by atoms with Gasteiger partial charge in [0.15, 0.2) is 22.1 Å². The topological polar surface area (TPSA) is 136 Å². The molecule has 0 aliphatic carbocycles. The van der Waals surface area contributed by atoms with Gasteiger partial charge in [-0.3, -0.25) is 20.2 Å². The molecule has 0 aliphatic rings. The number of oxazole rings is 1. The molecule has 1 amide bonds. The Morgan fingerprint density at radius 1 is 1.00 bits per heavy atom. The van der Waals surface area contributed by atoms with Gasteiger partial charge in [-0.1, -0.05) is 18.2 Å². The van der Waals surface area contributed by atoms with Gasteiger partial charge in [-0.05, 0) is 60.7 Å². The van der Waals surface area contributed by atoms with Gasteiger partial charge in [-0.2, -0.15) is 4.98 Å². The largest absolute Gasteiger partial charge is 0.451 e. The summed E-state index contributed by atoms with van der Waals surface area (Å²) in [7, 11) is 0. The summed E-state index contributed by atoms with van der Waals surface area (Å²) in [5, 5.41) is 16.8. The first-order valence-electron chi connectivity index (χ1n) is 10.3. The molecule has 0 fully saturated rings. The average Bonchev–Trinajstić information content (AvgIpc) is 3.52. The molecule has 35 heavy (non-hydrogen) atoms. The Balaban J connectivity index is 1.28. The van der Waals surface area contributed by atoms with Gasteiger partial charge < -0.3 is 14.2 Å². The molecule has 172 valence electrons. The Morgan fingerprint density at radius 3 is 2.69 bits per heavy atom. The molecule has 0 unspecified atom stereocenters. The van der Waals surface area contributed by atoms with Crippen LogP contribution in [-0.4, -0.2) is 25.9 Å². The summed E-state index contributed by atoms with van der Waals surface area (Å²) in [5.41, 5.74) is 2.51. The van der Waals surface area contributed by atoms with Crippen LogP contribution in [0, 0.1) is 10.1 Å². The minimum atomic E-state index is -0.603. The van der Waals surface area contributed by atoms with Crippen LogP contribution < -0.4 is 10.6 Å². The number of carbonyl (C=O) groups excluding carboxylic acids is 1. The van der Waals surface area contributed by atoms with Crippen LogP contribution in [0.15, 0.2) is 87.8 Å². The number of benzene rings is 2. The number of furan rings is 1. The minimum Gasteiger partial charge on any atom is -0.451 e. The second-order valence-corrected chi connectivity index (χ2v) is 7.68. The first-order valence-corrected chi connectivity index (χ1v) is 10.7. The molecule has 10 nitrogen and oxygen atoms in total. The van der Waals surface area contributed by atoms with E-state index < -0.39 is 10.8 Å². The lowest BCUT2D eigenvalue weighted by Gasteiger charge is -2.09. The summed E-state index contributed by atoms with van der Waals surface area (Å²) in [5.74, 6) is -0.0548. The van der Waals surface area contributed by atoms with E-state index >= 15 is 0 Å². The van der Waals surface area contributed by atoms with Crippen molar-refractivity contribution in [2.75, 3.05) is 5.32 Å². The molecule has 3 aromatic heterocycles. The maximum Gasteiger partial charge on any atom is 0.293 e. The summed E-state index contributed by atoms with van der Waals surface area (Å²) in [6, 6.07) is 19.7. The van der Waals surface area contributed by atoms with Gasteiger partial charge in [0.25, 0.3) is 11.6 Å². The van der Waals surface area contributed by atoms with Crippen LogP contribution in [0.3, 0.4) is 0 Å². The Bertz CT molecular complexity index is 1560. The molecular formula is C24H15N5O5S. The number of amides is 1. The minimum absolute atomic E-state index is 0.0371. The third kappa shape index (κ3) is 4.61. The number of nitrogens with zero attached hydrogens (tertiary/aromatic N) is 3. The zero-order valence-corrected chi connectivity index (χ0v) is 18.6. The summed E-state index contributed by atoms with van der Waals surface area (Å²) in [6.07, 6.45) is 1.64. The van der Waals surface area contributed by atoms with Crippen molar-refractivity contribution in [3.8, 4) is 22.8 Å². The van der Waals surface area contributed by atoms with Crippen molar-refractivity contribution in [2.45, 2.75) is 0 Å². The third-order valence-corrected chi connectivity index (χ3v) is 5.16. The number of fused-ring (bicyclic) bond motifs is 1. The fourth-order valence-electron chi connectivity index (χ4n) is 3.40. The zero-order valence-electron chi connectivity index (χ0n) is 17.8. The van der Waals surface area contributed by atoms with Crippen molar-refractivity contribution in [1.82, 2.24) is 15.3 Å². The van der Waals surface area contributed by atoms with Gasteiger partial charge in [-0.25, -0.2) is 4.98 Å². The van der Waals surface area contributed by atoms with E-state index in [-0.39, 0.29) is 27.9 Å². The van der Waals surface area contributed by atoms with Gasteiger partial charge in [0.1, 0.15) is 5.76 Å². The lowest BCUT2D eigenvalue weighted by Crippen LogP contribution is -2.33. The van der Waals surface area contributed by atoms with Crippen LogP contribution >= 0.6 is 12.2 Å². The van der Waals surface area contributed by atoms with Gasteiger partial charge in [-0.15, -0.1) is 0 Å². The Kier molecular flexibility index (Phi) is 5.73. The quantitative estimate of drug-likeness (QED) is 0.196. The van der Waals surface area contributed by atoms with E-state index in [4.69, 9.17) is 21.1 Å². The summed E-state index contributed by atoms with van der Waals surface area (Å²) in [4.78, 5) is 31.9. The molecule has 2 N–H and O–H groups in total. The highest BCUT2D eigenvalue weighted by molar-refractivity contribution is 7.80. The predicted octanol–water partition coefficient (Wildman–Crippen LogP) is 5.18. The number of aromatic nitrogens is 2. The van der Waals surface area contributed by atoms with Gasteiger partial charge in [0, 0.05) is 23.5 Å². The lowest BCUT2D eigenvalue weighted by atomic mass is 10.1. The van der Waals surface area contributed by atoms with E-state index in [0.29, 0.717) is 28.4 Å². The van der Waals surface area contributed by atoms with Crippen molar-refractivity contribution in [3.05, 3.63) is 94.9 Å². The van der Waals surface area contributed by atoms with Gasteiger partial charge in [0.2, 0.25) is 5.89 Å². The van der Waals surface area contributed by atoms with Crippen LogP contribution in [0.2, 0.25) is 0 Å². The van der Waals surface area contributed by atoms with Crippen LogP contribution in [0.4, 0.5) is 11.4 Å². The lowest BCUT2D eigenvalue weighted by molar-refractivity contribution is -0.384. The fourth-order valence-corrected chi connectivity index (χ4v) is 3.61. The Labute approximate surface area is 202 Å². The number of anilines is 1. The number of thiocarbonyl (C=S) groups is 1. The number of hydrogen-bond acceptors (Lipinski definition) is 8. The first kappa shape index (κ1) is 21.9. The molecule has 5 rings (SSSR count). The zero-order chi connectivity index (χ0) is 24.4. The molecule has 2 aromatic carbocycles. The molecule has 0 aliphatic heterocycles. The number of nitro benzene ring substituents is 1. The third-order valence-electron chi connectivity index (χ3n) is 4.96. The number of nitrogens with one attached hydrogen (secondary N) is 2. The number of carbonyl (C=O) groups is 1. The SMILES string of the molecule is O=C(NC(=S)Nc1cccc(-c2nc3ncccc3o2)c1)c1ccc(-c2ccccc2[N+](=O)[O-])o1. The van der Waals surface area contributed by atoms with E-state index in [2.05, 4.69) is 20.6 Å². The average molecular weight is 485 g/mol. The number of rotatable bonds is 5. The van der Waals surface area contributed by atoms with E-state index in [1.54, 1.807) is 54.7 Å². The van der Waals surface area contributed by atoms with Crippen molar-refractivity contribution in [2.24, 2.45) is 0 Å². The van der Waals surface area contributed by atoms with Crippen molar-refractivity contribution < 1.29 is 18.6 Å².